The third-order valence-electron chi connectivity index (χ3n) is 4.60. The van der Waals surface area contributed by atoms with Gasteiger partial charge in [0.05, 0.1) is 16.7 Å². The van der Waals surface area contributed by atoms with Gasteiger partial charge < -0.3 is 10.6 Å². The van der Waals surface area contributed by atoms with Crippen molar-refractivity contribution in [1.82, 2.24) is 24.9 Å². The van der Waals surface area contributed by atoms with E-state index in [2.05, 4.69) is 68.8 Å². The van der Waals surface area contributed by atoms with E-state index in [1.807, 2.05) is 34.6 Å². The molecule has 2 heterocycles. The van der Waals surface area contributed by atoms with Crippen LogP contribution < -0.4 is 10.6 Å². The average Bonchev–Trinajstić information content (AvgIpc) is 3.20. The van der Waals surface area contributed by atoms with Crippen molar-refractivity contribution in [3.8, 4) is 0 Å². The summed E-state index contributed by atoms with van der Waals surface area (Å²) in [5.41, 5.74) is 4.69. The Morgan fingerprint density at radius 2 is 1.93 bits per heavy atom. The summed E-state index contributed by atoms with van der Waals surface area (Å²) in [5, 5.41) is 16.0. The summed E-state index contributed by atoms with van der Waals surface area (Å²) in [5.74, 6) is 0.744. The van der Waals surface area contributed by atoms with Crippen molar-refractivity contribution in [1.29, 1.82) is 0 Å². The van der Waals surface area contributed by atoms with Gasteiger partial charge in [-0.25, -0.2) is 0 Å². The van der Waals surface area contributed by atoms with Crippen LogP contribution in [0, 0.1) is 20.8 Å². The fourth-order valence-electron chi connectivity index (χ4n) is 2.96. The highest BCUT2D eigenvalue weighted by Gasteiger charge is 2.08. The Balaban J connectivity index is 1.43. The van der Waals surface area contributed by atoms with Crippen molar-refractivity contribution >= 4 is 39.1 Å². The predicted octanol–water partition coefficient (Wildman–Crippen LogP) is 4.19. The molecule has 0 fully saturated rings. The Morgan fingerprint density at radius 3 is 2.64 bits per heavy atom. The molecule has 3 rings (SSSR count). The van der Waals surface area contributed by atoms with E-state index in [9.17, 15) is 0 Å². The third kappa shape index (κ3) is 5.20. The lowest BCUT2D eigenvalue weighted by Crippen LogP contribution is -2.30. The van der Waals surface area contributed by atoms with Crippen molar-refractivity contribution in [3.63, 3.8) is 0 Å². The van der Waals surface area contributed by atoms with Gasteiger partial charge in [-0.05, 0) is 66.5 Å². The first-order chi connectivity index (χ1) is 13.4. The van der Waals surface area contributed by atoms with E-state index in [0.29, 0.717) is 5.11 Å². The van der Waals surface area contributed by atoms with Crippen molar-refractivity contribution in [2.45, 2.75) is 40.3 Å². The standard InChI is InChI=1S/C20H25BrN6S/c1-14-7-4-5-8-17(14)13-26-12-9-18(25-26)23-20(28)22-10-6-11-27-16(3)19(21)15(2)24-27/h4-5,7-9,12H,6,10-11,13H2,1-3H3,(H2,22,23,25,28). The molecular weight excluding hydrogens is 436 g/mol. The molecule has 0 saturated carbocycles. The number of rotatable bonds is 7. The Hall–Kier alpha value is -2.19. The van der Waals surface area contributed by atoms with Crippen molar-refractivity contribution in [2.24, 2.45) is 0 Å². The van der Waals surface area contributed by atoms with Crippen LogP contribution in [0.25, 0.3) is 0 Å². The molecule has 148 valence electrons. The maximum Gasteiger partial charge on any atom is 0.171 e. The van der Waals surface area contributed by atoms with Crippen LogP contribution >= 0.6 is 28.1 Å². The van der Waals surface area contributed by atoms with Gasteiger partial charge in [-0.1, -0.05) is 24.3 Å². The Kier molecular flexibility index (Phi) is 6.85. The van der Waals surface area contributed by atoms with Crippen molar-refractivity contribution in [2.75, 3.05) is 11.9 Å². The van der Waals surface area contributed by atoms with E-state index in [4.69, 9.17) is 12.2 Å². The normalized spacial score (nSPS) is 10.9. The van der Waals surface area contributed by atoms with Crippen LogP contribution in [0.1, 0.15) is 28.9 Å². The van der Waals surface area contributed by atoms with E-state index in [1.54, 1.807) is 0 Å². The first-order valence-corrected chi connectivity index (χ1v) is 10.5. The molecule has 0 saturated heterocycles. The quantitative estimate of drug-likeness (QED) is 0.408. The summed E-state index contributed by atoms with van der Waals surface area (Å²) in [6.45, 7) is 8.54. The smallest absolute Gasteiger partial charge is 0.171 e. The van der Waals surface area contributed by atoms with Crippen LogP contribution in [-0.2, 0) is 13.1 Å². The van der Waals surface area contributed by atoms with Crippen LogP contribution in [0.5, 0.6) is 0 Å². The lowest BCUT2D eigenvalue weighted by atomic mass is 10.1. The Bertz CT molecular complexity index is 962. The lowest BCUT2D eigenvalue weighted by Gasteiger charge is -2.09. The van der Waals surface area contributed by atoms with Gasteiger partial charge in [-0.15, -0.1) is 0 Å². The SMILES string of the molecule is Cc1ccccc1Cn1ccc(NC(=S)NCCCn2nc(C)c(Br)c2C)n1. The number of halogens is 1. The zero-order valence-electron chi connectivity index (χ0n) is 16.4. The third-order valence-corrected chi connectivity index (χ3v) is 6.00. The van der Waals surface area contributed by atoms with Crippen molar-refractivity contribution in [3.05, 3.63) is 63.5 Å². The fourth-order valence-corrected chi connectivity index (χ4v) is 3.45. The molecule has 1 aromatic carbocycles. The topological polar surface area (TPSA) is 59.7 Å². The molecule has 0 atom stereocenters. The van der Waals surface area contributed by atoms with Crippen LogP contribution in [-0.4, -0.2) is 31.2 Å². The predicted molar refractivity (Wildman–Crippen MR) is 121 cm³/mol. The highest BCUT2D eigenvalue weighted by Crippen LogP contribution is 2.19. The summed E-state index contributed by atoms with van der Waals surface area (Å²) in [4.78, 5) is 0. The number of aromatic nitrogens is 4. The van der Waals surface area contributed by atoms with Gasteiger partial charge >= 0.3 is 0 Å². The molecule has 0 amide bonds. The molecule has 2 N–H and O–H groups in total. The fraction of sp³-hybridized carbons (Fsp3) is 0.350. The molecule has 2 aromatic heterocycles. The van der Waals surface area contributed by atoms with Crippen LogP contribution in [0.15, 0.2) is 41.0 Å². The van der Waals surface area contributed by atoms with Gasteiger partial charge in [0.2, 0.25) is 0 Å². The Morgan fingerprint density at radius 1 is 1.14 bits per heavy atom. The minimum absolute atomic E-state index is 0.579. The summed E-state index contributed by atoms with van der Waals surface area (Å²) in [6, 6.07) is 10.3. The number of anilines is 1. The molecule has 3 aromatic rings. The van der Waals surface area contributed by atoms with Gasteiger partial charge in [0.15, 0.2) is 10.9 Å². The highest BCUT2D eigenvalue weighted by atomic mass is 79.9. The van der Waals surface area contributed by atoms with Gasteiger partial charge in [0.1, 0.15) is 0 Å². The molecular formula is C20H25BrN6S. The maximum absolute atomic E-state index is 5.38. The first kappa shape index (κ1) is 20.5. The molecule has 0 aliphatic carbocycles. The molecule has 0 unspecified atom stereocenters. The maximum atomic E-state index is 5.38. The van der Waals surface area contributed by atoms with Gasteiger partial charge in [0.25, 0.3) is 0 Å². The average molecular weight is 461 g/mol. The van der Waals surface area contributed by atoms with E-state index in [-0.39, 0.29) is 0 Å². The largest absolute Gasteiger partial charge is 0.362 e. The molecule has 0 aliphatic rings. The molecule has 0 spiro atoms. The van der Waals surface area contributed by atoms with Gasteiger partial charge in [-0.2, -0.15) is 10.2 Å². The second-order valence-electron chi connectivity index (χ2n) is 6.77. The summed E-state index contributed by atoms with van der Waals surface area (Å²) in [7, 11) is 0. The number of aryl methyl sites for hydroxylation is 3. The summed E-state index contributed by atoms with van der Waals surface area (Å²) in [6.07, 6.45) is 2.88. The second-order valence-corrected chi connectivity index (χ2v) is 7.97. The minimum atomic E-state index is 0.579. The van der Waals surface area contributed by atoms with Crippen LogP contribution in [0.3, 0.4) is 0 Å². The van der Waals surface area contributed by atoms with Crippen LogP contribution in [0.4, 0.5) is 5.82 Å². The number of benzene rings is 1. The number of nitrogens with one attached hydrogen (secondary N) is 2. The zero-order chi connectivity index (χ0) is 20.1. The monoisotopic (exact) mass is 460 g/mol. The number of hydrogen-bond donors (Lipinski definition) is 2. The molecule has 8 heteroatoms. The number of nitrogens with zero attached hydrogens (tertiary/aromatic N) is 4. The van der Waals surface area contributed by atoms with E-state index < -0.39 is 0 Å². The highest BCUT2D eigenvalue weighted by molar-refractivity contribution is 9.10. The van der Waals surface area contributed by atoms with E-state index in [1.165, 1.54) is 11.1 Å². The van der Waals surface area contributed by atoms with Crippen LogP contribution in [0.2, 0.25) is 0 Å². The molecule has 6 nitrogen and oxygen atoms in total. The Labute approximate surface area is 179 Å². The molecule has 28 heavy (non-hydrogen) atoms. The van der Waals surface area contributed by atoms with Gasteiger partial charge in [0, 0.05) is 31.0 Å². The molecule has 0 radical (unpaired) electrons. The number of hydrogen-bond acceptors (Lipinski definition) is 3. The van der Waals surface area contributed by atoms with E-state index >= 15 is 0 Å². The summed E-state index contributed by atoms with van der Waals surface area (Å²) < 4.78 is 5.01. The minimum Gasteiger partial charge on any atom is -0.362 e. The lowest BCUT2D eigenvalue weighted by molar-refractivity contribution is 0.558. The first-order valence-electron chi connectivity index (χ1n) is 9.26. The zero-order valence-corrected chi connectivity index (χ0v) is 18.8. The van der Waals surface area contributed by atoms with E-state index in [0.717, 1.165) is 47.7 Å². The molecule has 0 bridgehead atoms. The second kappa shape index (κ2) is 9.34. The molecule has 0 aliphatic heterocycles. The van der Waals surface area contributed by atoms with Crippen molar-refractivity contribution < 1.29 is 0 Å². The summed E-state index contributed by atoms with van der Waals surface area (Å²) >= 11 is 8.93. The number of thiocarbonyl (C=S) groups is 1. The van der Waals surface area contributed by atoms with Gasteiger partial charge in [-0.3, -0.25) is 9.36 Å².